The molecule has 0 bridgehead atoms. The summed E-state index contributed by atoms with van der Waals surface area (Å²) in [6, 6.07) is 0. The molecule has 0 spiro atoms. The number of carbonyl (C=O) groups is 1. The lowest BCUT2D eigenvalue weighted by Crippen LogP contribution is -2.37. The standard InChI is InChI=1S/C27H44O5/c1-3-4-5-6-7-8-9-10-11-12-13-14-15-16-17-23-18-20-25(30-23)26-21-19-24(31-32-26)22-27(28)29-2/h3,6-9,23-26H,1,4-5,10-22H2,2H3/b7-6-,9-8-/t23-,24+,25+,26+/m1/s1. The fourth-order valence-electron chi connectivity index (χ4n) is 4.37. The molecule has 32 heavy (non-hydrogen) atoms. The predicted octanol–water partition coefficient (Wildman–Crippen LogP) is 6.78. The minimum absolute atomic E-state index is 0.00872. The molecule has 5 nitrogen and oxygen atoms in total. The number of hydrogen-bond acceptors (Lipinski definition) is 5. The normalized spacial score (nSPS) is 26.2. The average Bonchev–Trinajstić information content (AvgIpc) is 3.28. The smallest absolute Gasteiger partial charge is 0.308 e. The predicted molar refractivity (Wildman–Crippen MR) is 128 cm³/mol. The van der Waals surface area contributed by atoms with Gasteiger partial charge in [-0.2, -0.15) is 0 Å². The van der Waals surface area contributed by atoms with Gasteiger partial charge in [0, 0.05) is 0 Å². The molecule has 2 fully saturated rings. The quantitative estimate of drug-likeness (QED) is 0.0857. The van der Waals surface area contributed by atoms with Crippen LogP contribution in [0.3, 0.4) is 0 Å². The molecule has 0 N–H and O–H groups in total. The Bertz CT molecular complexity index is 562. The molecule has 5 heteroatoms. The monoisotopic (exact) mass is 448 g/mol. The zero-order chi connectivity index (χ0) is 22.9. The summed E-state index contributed by atoms with van der Waals surface area (Å²) in [5.74, 6) is -0.256. The number of rotatable bonds is 16. The van der Waals surface area contributed by atoms with Crippen molar-refractivity contribution < 1.29 is 24.0 Å². The summed E-state index contributed by atoms with van der Waals surface area (Å²) >= 11 is 0. The van der Waals surface area contributed by atoms with Gasteiger partial charge in [-0.05, 0) is 57.8 Å². The van der Waals surface area contributed by atoms with E-state index in [4.69, 9.17) is 14.5 Å². The second-order valence-corrected chi connectivity index (χ2v) is 9.01. The van der Waals surface area contributed by atoms with Crippen LogP contribution in [0, 0.1) is 0 Å². The summed E-state index contributed by atoms with van der Waals surface area (Å²) in [5.41, 5.74) is 0. The van der Waals surface area contributed by atoms with E-state index in [1.807, 2.05) is 6.08 Å². The number of methoxy groups -OCH3 is 1. The molecule has 0 aromatic heterocycles. The summed E-state index contributed by atoms with van der Waals surface area (Å²) in [4.78, 5) is 22.3. The van der Waals surface area contributed by atoms with E-state index in [1.165, 1.54) is 52.1 Å². The summed E-state index contributed by atoms with van der Waals surface area (Å²) in [6.45, 7) is 3.73. The topological polar surface area (TPSA) is 54.0 Å². The molecule has 2 aliphatic heterocycles. The Morgan fingerprint density at radius 1 is 0.844 bits per heavy atom. The van der Waals surface area contributed by atoms with Gasteiger partial charge in [0.15, 0.2) is 0 Å². The first-order valence-electron chi connectivity index (χ1n) is 12.7. The van der Waals surface area contributed by atoms with Crippen molar-refractivity contribution in [1.82, 2.24) is 0 Å². The van der Waals surface area contributed by atoms with Crippen LogP contribution >= 0.6 is 0 Å². The van der Waals surface area contributed by atoms with E-state index >= 15 is 0 Å². The van der Waals surface area contributed by atoms with E-state index < -0.39 is 0 Å². The number of carbonyl (C=O) groups excluding carboxylic acids is 1. The molecule has 0 amide bonds. The van der Waals surface area contributed by atoms with Crippen LogP contribution in [-0.2, 0) is 24.0 Å². The molecule has 0 radical (unpaired) electrons. The van der Waals surface area contributed by atoms with Crippen molar-refractivity contribution in [1.29, 1.82) is 0 Å². The first kappa shape index (κ1) is 26.8. The summed E-state index contributed by atoms with van der Waals surface area (Å²) in [6.07, 6.45) is 27.4. The second kappa shape index (κ2) is 17.1. The zero-order valence-corrected chi connectivity index (χ0v) is 20.1. The molecular formula is C27H44O5. The fraction of sp³-hybridized carbons (Fsp3) is 0.741. The highest BCUT2D eigenvalue weighted by atomic mass is 17.2. The molecule has 0 aliphatic carbocycles. The number of allylic oxidation sites excluding steroid dienone is 5. The highest BCUT2D eigenvalue weighted by Crippen LogP contribution is 2.32. The molecule has 2 aliphatic rings. The number of ether oxygens (including phenoxy) is 2. The van der Waals surface area contributed by atoms with Gasteiger partial charge in [-0.1, -0.05) is 62.5 Å². The SMILES string of the molecule is C=CCC/C=C\C=C/CCCCCCCC[C@@H]1CC[C@@H]([C@@H]2CC[C@@H](CC(=O)OC)OO2)O1. The first-order chi connectivity index (χ1) is 15.7. The van der Waals surface area contributed by atoms with Gasteiger partial charge in [-0.25, -0.2) is 9.78 Å². The molecule has 2 heterocycles. The van der Waals surface area contributed by atoms with E-state index in [-0.39, 0.29) is 30.7 Å². The molecule has 0 saturated carbocycles. The third kappa shape index (κ3) is 11.4. The van der Waals surface area contributed by atoms with Gasteiger partial charge in [0.1, 0.15) is 12.2 Å². The van der Waals surface area contributed by atoms with Crippen LogP contribution in [0.4, 0.5) is 0 Å². The van der Waals surface area contributed by atoms with Gasteiger partial charge < -0.3 is 9.47 Å². The van der Waals surface area contributed by atoms with Crippen molar-refractivity contribution in [3.63, 3.8) is 0 Å². The third-order valence-electron chi connectivity index (χ3n) is 6.33. The molecule has 0 unspecified atom stereocenters. The molecule has 4 atom stereocenters. The Labute approximate surface area is 195 Å². The molecule has 2 saturated heterocycles. The molecule has 182 valence electrons. The number of esters is 1. The lowest BCUT2D eigenvalue weighted by molar-refractivity contribution is -0.385. The van der Waals surface area contributed by atoms with Gasteiger partial charge in [-0.3, -0.25) is 4.79 Å². The van der Waals surface area contributed by atoms with Crippen LogP contribution in [0.15, 0.2) is 37.0 Å². The molecular weight excluding hydrogens is 404 g/mol. The van der Waals surface area contributed by atoms with Gasteiger partial charge in [0.25, 0.3) is 0 Å². The Hall–Kier alpha value is -1.43. The minimum atomic E-state index is -0.256. The minimum Gasteiger partial charge on any atom is -0.469 e. The maximum absolute atomic E-state index is 11.3. The molecule has 2 rings (SSSR count). The van der Waals surface area contributed by atoms with Crippen LogP contribution < -0.4 is 0 Å². The summed E-state index contributed by atoms with van der Waals surface area (Å²) < 4.78 is 10.9. The van der Waals surface area contributed by atoms with E-state index in [2.05, 4.69) is 35.6 Å². The van der Waals surface area contributed by atoms with Crippen molar-refractivity contribution in [2.24, 2.45) is 0 Å². The van der Waals surface area contributed by atoms with Crippen molar-refractivity contribution in [2.45, 2.75) is 121 Å². The summed E-state index contributed by atoms with van der Waals surface area (Å²) in [7, 11) is 1.40. The highest BCUT2D eigenvalue weighted by molar-refractivity contribution is 5.69. The molecule has 0 aromatic carbocycles. The number of hydrogen-bond donors (Lipinski definition) is 0. The maximum atomic E-state index is 11.3. The fourth-order valence-corrected chi connectivity index (χ4v) is 4.37. The van der Waals surface area contributed by atoms with Gasteiger partial charge >= 0.3 is 5.97 Å². The maximum Gasteiger partial charge on any atom is 0.308 e. The average molecular weight is 449 g/mol. The van der Waals surface area contributed by atoms with Gasteiger partial charge in [0.05, 0.1) is 25.7 Å². The largest absolute Gasteiger partial charge is 0.469 e. The van der Waals surface area contributed by atoms with Crippen LogP contribution in [-0.4, -0.2) is 37.5 Å². The Morgan fingerprint density at radius 3 is 2.25 bits per heavy atom. The van der Waals surface area contributed by atoms with Gasteiger partial charge in [-0.15, -0.1) is 6.58 Å². The van der Waals surface area contributed by atoms with Crippen molar-refractivity contribution in [3.05, 3.63) is 37.0 Å². The van der Waals surface area contributed by atoms with Crippen molar-refractivity contribution in [2.75, 3.05) is 7.11 Å². The van der Waals surface area contributed by atoms with Crippen LogP contribution in [0.25, 0.3) is 0 Å². The van der Waals surface area contributed by atoms with Crippen molar-refractivity contribution >= 4 is 5.97 Å². The Kier molecular flexibility index (Phi) is 14.3. The van der Waals surface area contributed by atoms with Crippen LogP contribution in [0.1, 0.15) is 96.3 Å². The van der Waals surface area contributed by atoms with Crippen LogP contribution in [0.5, 0.6) is 0 Å². The van der Waals surface area contributed by atoms with Crippen LogP contribution in [0.2, 0.25) is 0 Å². The van der Waals surface area contributed by atoms with E-state index in [0.717, 1.165) is 44.9 Å². The van der Waals surface area contributed by atoms with Crippen molar-refractivity contribution in [3.8, 4) is 0 Å². The molecule has 0 aromatic rings. The lowest BCUT2D eigenvalue weighted by atomic mass is 10.0. The van der Waals surface area contributed by atoms with E-state index in [1.54, 1.807) is 0 Å². The highest BCUT2D eigenvalue weighted by Gasteiger charge is 2.36. The zero-order valence-electron chi connectivity index (χ0n) is 20.1. The third-order valence-corrected chi connectivity index (χ3v) is 6.33. The first-order valence-corrected chi connectivity index (χ1v) is 12.7. The second-order valence-electron chi connectivity index (χ2n) is 9.01. The Morgan fingerprint density at radius 2 is 1.53 bits per heavy atom. The lowest BCUT2D eigenvalue weighted by Gasteiger charge is -2.30. The summed E-state index contributed by atoms with van der Waals surface area (Å²) in [5, 5.41) is 0. The van der Waals surface area contributed by atoms with E-state index in [9.17, 15) is 4.79 Å². The Balaban J connectivity index is 1.41. The van der Waals surface area contributed by atoms with E-state index in [0.29, 0.717) is 6.10 Å². The number of unbranched alkanes of at least 4 members (excludes halogenated alkanes) is 7. The van der Waals surface area contributed by atoms with Gasteiger partial charge in [0.2, 0.25) is 0 Å².